The molecule has 0 spiro atoms. The lowest BCUT2D eigenvalue weighted by Gasteiger charge is -2.15. The molecular weight excluding hydrogens is 517 g/mol. The van der Waals surface area contributed by atoms with Gasteiger partial charge in [-0.05, 0) is 42.7 Å². The number of hydrogen-bond donors (Lipinski definition) is 2. The summed E-state index contributed by atoms with van der Waals surface area (Å²) in [5, 5.41) is 6.74. The van der Waals surface area contributed by atoms with Crippen molar-refractivity contribution < 1.29 is 17.6 Å². The van der Waals surface area contributed by atoms with Crippen LogP contribution in [0, 0.1) is 12.8 Å². The molecule has 1 aromatic carbocycles. The van der Waals surface area contributed by atoms with Crippen molar-refractivity contribution in [3.05, 3.63) is 53.5 Å². The van der Waals surface area contributed by atoms with E-state index in [1.165, 1.54) is 6.26 Å². The Kier molecular flexibility index (Phi) is 9.63. The zero-order chi connectivity index (χ0) is 20.7. The van der Waals surface area contributed by atoms with Gasteiger partial charge >= 0.3 is 0 Å². The molecular formula is C21H30IN3O4S. The fourth-order valence-corrected chi connectivity index (χ4v) is 4.27. The van der Waals surface area contributed by atoms with E-state index < -0.39 is 9.84 Å². The minimum atomic E-state index is -3.21. The third-order valence-corrected chi connectivity index (χ3v) is 6.14. The fraction of sp³-hybridized carbons (Fsp3) is 0.476. The summed E-state index contributed by atoms with van der Waals surface area (Å²) in [6.07, 6.45) is 4.72. The van der Waals surface area contributed by atoms with Crippen molar-refractivity contribution in [2.75, 3.05) is 32.6 Å². The molecule has 0 aliphatic carbocycles. The summed E-state index contributed by atoms with van der Waals surface area (Å²) < 4.78 is 34.4. The number of halogens is 1. The van der Waals surface area contributed by atoms with E-state index in [1.54, 1.807) is 12.3 Å². The van der Waals surface area contributed by atoms with E-state index in [4.69, 9.17) is 9.15 Å². The van der Waals surface area contributed by atoms with E-state index in [0.717, 1.165) is 55.4 Å². The number of nitrogens with one attached hydrogen (secondary N) is 2. The lowest BCUT2D eigenvalue weighted by molar-refractivity contribution is 0.186. The highest BCUT2D eigenvalue weighted by Crippen LogP contribution is 2.17. The van der Waals surface area contributed by atoms with Gasteiger partial charge in [0.25, 0.3) is 0 Å². The van der Waals surface area contributed by atoms with Gasteiger partial charge in [0, 0.05) is 38.3 Å². The second-order valence-electron chi connectivity index (χ2n) is 7.40. The van der Waals surface area contributed by atoms with Crippen LogP contribution in [-0.4, -0.2) is 46.9 Å². The molecule has 2 heterocycles. The van der Waals surface area contributed by atoms with E-state index in [1.807, 2.05) is 31.2 Å². The first-order valence-electron chi connectivity index (χ1n) is 9.84. The summed E-state index contributed by atoms with van der Waals surface area (Å²) in [4.78, 5) is 5.04. The minimum absolute atomic E-state index is 0. The fourth-order valence-electron chi connectivity index (χ4n) is 3.31. The molecule has 2 N–H and O–H groups in total. The topological polar surface area (TPSA) is 92.9 Å². The van der Waals surface area contributed by atoms with Crippen molar-refractivity contribution in [1.29, 1.82) is 0 Å². The third-order valence-electron chi connectivity index (χ3n) is 4.88. The lowest BCUT2D eigenvalue weighted by atomic mass is 10.1. The van der Waals surface area contributed by atoms with Crippen LogP contribution in [0.5, 0.6) is 0 Å². The van der Waals surface area contributed by atoms with Crippen LogP contribution in [-0.2, 0) is 27.5 Å². The van der Waals surface area contributed by atoms with Gasteiger partial charge in [-0.3, -0.25) is 0 Å². The maximum absolute atomic E-state index is 11.8. The highest BCUT2D eigenvalue weighted by Gasteiger charge is 2.16. The molecule has 1 aromatic heterocycles. The molecule has 0 bridgehead atoms. The molecule has 1 unspecified atom stereocenters. The van der Waals surface area contributed by atoms with Gasteiger partial charge in [-0.2, -0.15) is 0 Å². The summed E-state index contributed by atoms with van der Waals surface area (Å²) in [6, 6.07) is 9.19. The predicted octanol–water partition coefficient (Wildman–Crippen LogP) is 2.92. The molecule has 0 saturated carbocycles. The summed E-state index contributed by atoms with van der Waals surface area (Å²) in [5.74, 6) is 2.14. The molecule has 0 radical (unpaired) electrons. The Morgan fingerprint density at radius 3 is 2.73 bits per heavy atom. The average molecular weight is 547 g/mol. The number of ether oxygens (including phenoxy) is 1. The predicted molar refractivity (Wildman–Crippen MR) is 128 cm³/mol. The van der Waals surface area contributed by atoms with Gasteiger partial charge in [-0.1, -0.05) is 12.1 Å². The van der Waals surface area contributed by atoms with Crippen LogP contribution in [0.4, 0.5) is 0 Å². The number of benzene rings is 1. The van der Waals surface area contributed by atoms with Crippen molar-refractivity contribution in [3.8, 4) is 0 Å². The zero-order valence-electron chi connectivity index (χ0n) is 17.4. The Labute approximate surface area is 195 Å². The molecule has 0 amide bonds. The second kappa shape index (κ2) is 11.7. The van der Waals surface area contributed by atoms with Crippen molar-refractivity contribution in [1.82, 2.24) is 10.6 Å². The monoisotopic (exact) mass is 547 g/mol. The molecule has 30 heavy (non-hydrogen) atoms. The number of furan rings is 1. The lowest BCUT2D eigenvalue weighted by Crippen LogP contribution is -2.40. The van der Waals surface area contributed by atoms with Crippen LogP contribution in [0.15, 0.2) is 50.9 Å². The SMILES string of the molecule is Cc1cc(CN=C(NCCc2ccco2)NCC2CCOC2)ccc1S(C)(=O)=O.I. The van der Waals surface area contributed by atoms with Crippen molar-refractivity contribution in [2.24, 2.45) is 10.9 Å². The van der Waals surface area contributed by atoms with E-state index >= 15 is 0 Å². The van der Waals surface area contributed by atoms with Gasteiger partial charge in [0.05, 0.1) is 24.3 Å². The summed E-state index contributed by atoms with van der Waals surface area (Å²) in [6.45, 7) is 5.37. The van der Waals surface area contributed by atoms with Crippen LogP contribution < -0.4 is 10.6 Å². The average Bonchev–Trinajstić information content (AvgIpc) is 3.36. The van der Waals surface area contributed by atoms with Crippen molar-refractivity contribution in [2.45, 2.75) is 31.2 Å². The molecule has 7 nitrogen and oxygen atoms in total. The molecule has 166 valence electrons. The molecule has 1 atom stereocenters. The number of guanidine groups is 1. The largest absolute Gasteiger partial charge is 0.469 e. The molecule has 1 aliphatic rings. The summed E-state index contributed by atoms with van der Waals surface area (Å²) in [7, 11) is -3.21. The minimum Gasteiger partial charge on any atom is -0.469 e. The molecule has 9 heteroatoms. The number of sulfone groups is 1. The van der Waals surface area contributed by atoms with E-state index in [2.05, 4.69) is 15.6 Å². The van der Waals surface area contributed by atoms with Crippen molar-refractivity contribution in [3.63, 3.8) is 0 Å². The highest BCUT2D eigenvalue weighted by atomic mass is 127. The van der Waals surface area contributed by atoms with Gasteiger partial charge in [-0.25, -0.2) is 13.4 Å². The van der Waals surface area contributed by atoms with Crippen LogP contribution >= 0.6 is 24.0 Å². The van der Waals surface area contributed by atoms with E-state index in [-0.39, 0.29) is 24.0 Å². The first-order valence-corrected chi connectivity index (χ1v) is 11.7. The molecule has 3 rings (SSSR count). The van der Waals surface area contributed by atoms with E-state index in [9.17, 15) is 8.42 Å². The van der Waals surface area contributed by atoms with Crippen LogP contribution in [0.1, 0.15) is 23.3 Å². The first kappa shape index (κ1) is 24.7. The Balaban J connectivity index is 0.00000320. The van der Waals surface area contributed by atoms with Gasteiger partial charge < -0.3 is 19.8 Å². The number of hydrogen-bond acceptors (Lipinski definition) is 5. The number of rotatable bonds is 8. The number of aryl methyl sites for hydroxylation is 1. The third kappa shape index (κ3) is 7.59. The zero-order valence-corrected chi connectivity index (χ0v) is 20.5. The smallest absolute Gasteiger partial charge is 0.191 e. The van der Waals surface area contributed by atoms with E-state index in [0.29, 0.717) is 23.9 Å². The molecule has 1 saturated heterocycles. The maximum atomic E-state index is 11.8. The summed E-state index contributed by atoms with van der Waals surface area (Å²) in [5.41, 5.74) is 1.70. The summed E-state index contributed by atoms with van der Waals surface area (Å²) >= 11 is 0. The van der Waals surface area contributed by atoms with Gasteiger partial charge in [-0.15, -0.1) is 24.0 Å². The van der Waals surface area contributed by atoms with Crippen LogP contribution in [0.25, 0.3) is 0 Å². The van der Waals surface area contributed by atoms with Gasteiger partial charge in [0.1, 0.15) is 5.76 Å². The van der Waals surface area contributed by atoms with Crippen LogP contribution in [0.2, 0.25) is 0 Å². The van der Waals surface area contributed by atoms with Gasteiger partial charge in [0.15, 0.2) is 15.8 Å². The van der Waals surface area contributed by atoms with Crippen LogP contribution in [0.3, 0.4) is 0 Å². The normalized spacial score (nSPS) is 16.9. The Morgan fingerprint density at radius 1 is 1.27 bits per heavy atom. The number of nitrogens with zero attached hydrogens (tertiary/aromatic N) is 1. The Hall–Kier alpha value is -1.59. The van der Waals surface area contributed by atoms with Gasteiger partial charge in [0.2, 0.25) is 0 Å². The molecule has 2 aromatic rings. The Bertz CT molecular complexity index is 924. The maximum Gasteiger partial charge on any atom is 0.191 e. The Morgan fingerprint density at radius 2 is 2.10 bits per heavy atom. The van der Waals surface area contributed by atoms with Crippen molar-refractivity contribution >= 4 is 39.8 Å². The molecule has 1 aliphatic heterocycles. The standard InChI is InChI=1S/C21H29N3O4S.HI/c1-16-12-17(5-6-20(16)29(2,25)26)13-23-21(24-14-18-8-11-27-15-18)22-9-7-19-4-3-10-28-19;/h3-6,10,12,18H,7-9,11,13-15H2,1-2H3,(H2,22,23,24);1H. The first-order chi connectivity index (χ1) is 13.9. The molecule has 1 fully saturated rings. The number of aliphatic imine (C=N–C) groups is 1. The second-order valence-corrected chi connectivity index (χ2v) is 9.39. The quantitative estimate of drug-likeness (QED) is 0.300. The highest BCUT2D eigenvalue weighted by molar-refractivity contribution is 14.0.